The van der Waals surface area contributed by atoms with Gasteiger partial charge < -0.3 is 30.1 Å². The number of hydrogen-bond donors (Lipinski definition) is 3. The Morgan fingerprint density at radius 3 is 1.30 bits per heavy atom. The van der Waals surface area contributed by atoms with Crippen LogP contribution in [0.5, 0.6) is 0 Å². The van der Waals surface area contributed by atoms with Crippen LogP contribution < -0.4 is 10.6 Å². The molecule has 8 heteroatoms. The molecule has 53 heavy (non-hydrogen) atoms. The van der Waals surface area contributed by atoms with Gasteiger partial charge in [0.05, 0.1) is 13.2 Å². The van der Waals surface area contributed by atoms with Gasteiger partial charge in [0.15, 0.2) is 0 Å². The number of ether oxygens (including phenoxy) is 2. The van der Waals surface area contributed by atoms with Gasteiger partial charge in [0, 0.05) is 19.6 Å². The van der Waals surface area contributed by atoms with E-state index in [1.807, 2.05) is 0 Å². The summed E-state index contributed by atoms with van der Waals surface area (Å²) in [6.07, 6.45) is 38.0. The van der Waals surface area contributed by atoms with Crippen LogP contribution in [-0.2, 0) is 9.47 Å². The highest BCUT2D eigenvalue weighted by Crippen LogP contribution is 2.17. The molecule has 0 aromatic heterocycles. The summed E-state index contributed by atoms with van der Waals surface area (Å²) in [6, 6.07) is 0. The van der Waals surface area contributed by atoms with Gasteiger partial charge in [0.1, 0.15) is 6.10 Å². The molecule has 0 fully saturated rings. The van der Waals surface area contributed by atoms with E-state index in [-0.39, 0.29) is 24.9 Å². The van der Waals surface area contributed by atoms with Crippen molar-refractivity contribution < 1.29 is 24.2 Å². The molecule has 316 valence electrons. The summed E-state index contributed by atoms with van der Waals surface area (Å²) in [4.78, 5) is 26.8. The fraction of sp³-hybridized carbons (Fsp3) is 0.956. The number of carbonyl (C=O) groups excluding carboxylic acids is 2. The largest absolute Gasteiger partial charge is 0.450 e. The Balaban J connectivity index is 3.85. The second kappa shape index (κ2) is 43.2. The van der Waals surface area contributed by atoms with E-state index >= 15 is 0 Å². The lowest BCUT2D eigenvalue weighted by Crippen LogP contribution is -2.30. The maximum Gasteiger partial charge on any atom is 0.407 e. The Morgan fingerprint density at radius 2 is 0.849 bits per heavy atom. The highest BCUT2D eigenvalue weighted by molar-refractivity contribution is 5.67. The summed E-state index contributed by atoms with van der Waals surface area (Å²) in [7, 11) is 0. The van der Waals surface area contributed by atoms with Crippen LogP contribution in [0.4, 0.5) is 9.59 Å². The lowest BCUT2D eigenvalue weighted by Gasteiger charge is -2.21. The smallest absolute Gasteiger partial charge is 0.407 e. The zero-order valence-electron chi connectivity index (χ0n) is 35.7. The van der Waals surface area contributed by atoms with E-state index in [0.717, 1.165) is 83.8 Å². The van der Waals surface area contributed by atoms with E-state index in [0.29, 0.717) is 19.7 Å². The molecule has 0 rings (SSSR count). The summed E-state index contributed by atoms with van der Waals surface area (Å²) in [6.45, 7) is 11.8. The number of unbranched alkanes of at least 4 members (excludes halogenated alkanes) is 25. The molecule has 2 amide bonds. The number of aliphatic hydroxyl groups is 1. The Morgan fingerprint density at radius 1 is 0.472 bits per heavy atom. The second-order valence-electron chi connectivity index (χ2n) is 15.7. The Bertz CT molecular complexity index is 740. The zero-order chi connectivity index (χ0) is 38.7. The summed E-state index contributed by atoms with van der Waals surface area (Å²) >= 11 is 0. The average Bonchev–Trinajstić information content (AvgIpc) is 3.15. The molecular weight excluding hydrogens is 663 g/mol. The first-order valence-electron chi connectivity index (χ1n) is 23.3. The molecule has 0 aliphatic carbocycles. The van der Waals surface area contributed by atoms with Gasteiger partial charge in [-0.25, -0.2) is 9.59 Å². The first-order chi connectivity index (χ1) is 26.1. The lowest BCUT2D eigenvalue weighted by atomic mass is 10.0. The number of alkyl carbamates (subject to hydrolysis) is 2. The van der Waals surface area contributed by atoms with Crippen molar-refractivity contribution in [1.82, 2.24) is 15.5 Å². The van der Waals surface area contributed by atoms with Gasteiger partial charge >= 0.3 is 12.2 Å². The van der Waals surface area contributed by atoms with Crippen LogP contribution in [0.15, 0.2) is 0 Å². The minimum absolute atomic E-state index is 0.0646. The maximum atomic E-state index is 12.6. The molecule has 0 heterocycles. The number of hydrogen-bond acceptors (Lipinski definition) is 6. The van der Waals surface area contributed by atoms with Crippen molar-refractivity contribution in [3.63, 3.8) is 0 Å². The van der Waals surface area contributed by atoms with Gasteiger partial charge in [-0.2, -0.15) is 0 Å². The second-order valence-corrected chi connectivity index (χ2v) is 15.7. The molecule has 0 atom stereocenters. The van der Waals surface area contributed by atoms with Gasteiger partial charge in [0.25, 0.3) is 0 Å². The molecule has 0 saturated carbocycles. The molecule has 0 aliphatic heterocycles. The van der Waals surface area contributed by atoms with Crippen LogP contribution in [0, 0.1) is 0 Å². The first-order valence-corrected chi connectivity index (χ1v) is 23.3. The molecule has 0 saturated heterocycles. The molecule has 0 aliphatic rings. The van der Waals surface area contributed by atoms with Crippen LogP contribution in [0.2, 0.25) is 0 Å². The van der Waals surface area contributed by atoms with Crippen molar-refractivity contribution in [2.24, 2.45) is 0 Å². The third-order valence-corrected chi connectivity index (χ3v) is 10.5. The summed E-state index contributed by atoms with van der Waals surface area (Å²) in [5, 5.41) is 15.5. The Labute approximate surface area is 329 Å². The number of nitrogens with zero attached hydrogens (tertiary/aromatic N) is 1. The molecule has 0 bridgehead atoms. The molecule has 0 radical (unpaired) electrons. The average molecular weight is 754 g/mol. The van der Waals surface area contributed by atoms with E-state index in [2.05, 4.69) is 36.3 Å². The van der Waals surface area contributed by atoms with Crippen LogP contribution in [-0.4, -0.2) is 74.2 Å². The summed E-state index contributed by atoms with van der Waals surface area (Å²) in [5.74, 6) is 0. The summed E-state index contributed by atoms with van der Waals surface area (Å²) in [5.41, 5.74) is 0. The SMILES string of the molecule is CCCCCCCCOC(=O)NCCCCCCCCN(CCO)CCCCCCCCNC(=O)OC(CCCCCCCC)CCCCCCCC. The van der Waals surface area contributed by atoms with Crippen LogP contribution >= 0.6 is 0 Å². The number of carbonyl (C=O) groups is 2. The van der Waals surface area contributed by atoms with Crippen molar-refractivity contribution in [1.29, 1.82) is 0 Å². The van der Waals surface area contributed by atoms with E-state index in [9.17, 15) is 14.7 Å². The fourth-order valence-corrected chi connectivity index (χ4v) is 7.05. The van der Waals surface area contributed by atoms with Gasteiger partial charge in [-0.15, -0.1) is 0 Å². The minimum atomic E-state index is -0.269. The maximum absolute atomic E-state index is 12.6. The van der Waals surface area contributed by atoms with Crippen molar-refractivity contribution in [2.45, 2.75) is 232 Å². The number of rotatable bonds is 42. The van der Waals surface area contributed by atoms with E-state index in [1.165, 1.54) is 141 Å². The zero-order valence-corrected chi connectivity index (χ0v) is 35.7. The summed E-state index contributed by atoms with van der Waals surface area (Å²) < 4.78 is 11.2. The molecule has 0 spiro atoms. The van der Waals surface area contributed by atoms with Gasteiger partial charge in [-0.05, 0) is 70.9 Å². The van der Waals surface area contributed by atoms with Crippen molar-refractivity contribution in [2.75, 3.05) is 45.9 Å². The molecule has 0 unspecified atom stereocenters. The molecule has 8 nitrogen and oxygen atoms in total. The van der Waals surface area contributed by atoms with Crippen LogP contribution in [0.1, 0.15) is 226 Å². The van der Waals surface area contributed by atoms with E-state index in [1.54, 1.807) is 0 Å². The standard InChI is InChI=1S/C45H91N3O5/c1-4-7-10-13-20-27-34-43(35-28-21-14-11-8-5-2)53-45(51)47-37-30-23-17-19-25-32-39-48(40-41-49)38-31-24-18-16-22-29-36-46-44(50)52-42-33-26-15-12-9-6-3/h43,49H,4-42H2,1-3H3,(H,46,50)(H,47,51). The monoisotopic (exact) mass is 754 g/mol. The van der Waals surface area contributed by atoms with E-state index in [4.69, 9.17) is 9.47 Å². The van der Waals surface area contributed by atoms with Gasteiger partial charge in [-0.1, -0.05) is 168 Å². The van der Waals surface area contributed by atoms with E-state index < -0.39 is 0 Å². The molecule has 0 aromatic rings. The number of amides is 2. The van der Waals surface area contributed by atoms with Crippen molar-refractivity contribution >= 4 is 12.2 Å². The highest BCUT2D eigenvalue weighted by Gasteiger charge is 2.14. The van der Waals surface area contributed by atoms with Crippen LogP contribution in [0.25, 0.3) is 0 Å². The van der Waals surface area contributed by atoms with Crippen molar-refractivity contribution in [3.05, 3.63) is 0 Å². The fourth-order valence-electron chi connectivity index (χ4n) is 7.05. The van der Waals surface area contributed by atoms with Gasteiger partial charge in [0.2, 0.25) is 0 Å². The number of aliphatic hydroxyl groups excluding tert-OH is 1. The molecule has 0 aromatic carbocycles. The normalized spacial score (nSPS) is 11.4. The van der Waals surface area contributed by atoms with Crippen LogP contribution in [0.3, 0.4) is 0 Å². The topological polar surface area (TPSA) is 100 Å². The molecule has 3 N–H and O–H groups in total. The number of nitrogens with one attached hydrogen (secondary N) is 2. The Hall–Kier alpha value is -1.54. The van der Waals surface area contributed by atoms with Crippen molar-refractivity contribution in [3.8, 4) is 0 Å². The third kappa shape index (κ3) is 40.0. The quantitative estimate of drug-likeness (QED) is 0.0537. The highest BCUT2D eigenvalue weighted by atomic mass is 16.6. The molecular formula is C45H91N3O5. The lowest BCUT2D eigenvalue weighted by molar-refractivity contribution is 0.0840. The predicted octanol–water partition coefficient (Wildman–Crippen LogP) is 12.6. The predicted molar refractivity (Wildman–Crippen MR) is 226 cm³/mol. The third-order valence-electron chi connectivity index (χ3n) is 10.5. The minimum Gasteiger partial charge on any atom is -0.450 e. The van der Waals surface area contributed by atoms with Gasteiger partial charge in [-0.3, -0.25) is 0 Å². The Kier molecular flexibility index (Phi) is 41.9. The first kappa shape index (κ1) is 51.5.